The Labute approximate surface area is 138 Å². The summed E-state index contributed by atoms with van der Waals surface area (Å²) in [4.78, 5) is 5.85. The molecule has 2 aromatic heterocycles. The highest BCUT2D eigenvalue weighted by Crippen LogP contribution is 2.21. The van der Waals surface area contributed by atoms with Gasteiger partial charge >= 0.3 is 6.55 Å². The Kier molecular flexibility index (Phi) is 4.70. The maximum Gasteiger partial charge on any atom is 0.319 e. The molecule has 0 saturated carbocycles. The van der Waals surface area contributed by atoms with Crippen LogP contribution in [0.4, 0.5) is 8.78 Å². The van der Waals surface area contributed by atoms with Crippen LogP contribution in [-0.4, -0.2) is 53.4 Å². The van der Waals surface area contributed by atoms with Crippen LogP contribution in [0.25, 0.3) is 0 Å². The molecule has 0 amide bonds. The molecule has 7 nitrogen and oxygen atoms in total. The van der Waals surface area contributed by atoms with Gasteiger partial charge in [-0.15, -0.1) is 0 Å². The number of rotatable bonds is 5. The zero-order chi connectivity index (χ0) is 17.3. The van der Waals surface area contributed by atoms with Gasteiger partial charge in [0.05, 0.1) is 6.54 Å². The summed E-state index contributed by atoms with van der Waals surface area (Å²) in [6.45, 7) is 0.734. The van der Waals surface area contributed by atoms with Gasteiger partial charge in [0.1, 0.15) is 11.6 Å². The summed E-state index contributed by atoms with van der Waals surface area (Å²) in [6.07, 6.45) is 2.57. The third kappa shape index (κ3) is 3.35. The molecule has 10 heteroatoms. The smallest absolute Gasteiger partial charge is 0.319 e. The number of furan rings is 1. The first-order valence-corrected chi connectivity index (χ1v) is 8.91. The standard InChI is InChI=1S/C14H18F2N4O3S/c1-11-2-3-13(23-11)24(21,22)19-8-6-18(7-9-19)10-12-17-4-5-20(12)14(15)16/h2-5,14H,6-10H2,1H3. The lowest BCUT2D eigenvalue weighted by Gasteiger charge is -2.33. The number of imidazole rings is 1. The van der Waals surface area contributed by atoms with Crippen LogP contribution in [0.1, 0.15) is 18.1 Å². The van der Waals surface area contributed by atoms with Gasteiger partial charge in [-0.1, -0.05) is 0 Å². The van der Waals surface area contributed by atoms with E-state index < -0.39 is 16.6 Å². The lowest BCUT2D eigenvalue weighted by molar-refractivity contribution is 0.0626. The van der Waals surface area contributed by atoms with E-state index in [4.69, 9.17) is 4.42 Å². The van der Waals surface area contributed by atoms with E-state index in [9.17, 15) is 17.2 Å². The molecule has 0 spiro atoms. The van der Waals surface area contributed by atoms with Gasteiger partial charge in [-0.2, -0.15) is 13.1 Å². The number of aromatic nitrogens is 2. The molecule has 3 rings (SSSR count). The van der Waals surface area contributed by atoms with Gasteiger partial charge in [0.2, 0.25) is 5.09 Å². The summed E-state index contributed by atoms with van der Waals surface area (Å²) in [5.74, 6) is 0.800. The average molecular weight is 360 g/mol. The fourth-order valence-electron chi connectivity index (χ4n) is 2.65. The highest BCUT2D eigenvalue weighted by molar-refractivity contribution is 7.89. The van der Waals surface area contributed by atoms with E-state index in [0.29, 0.717) is 18.8 Å². The van der Waals surface area contributed by atoms with Crippen molar-refractivity contribution in [3.8, 4) is 0 Å². The number of hydrogen-bond donors (Lipinski definition) is 0. The van der Waals surface area contributed by atoms with Gasteiger partial charge in [0.15, 0.2) is 0 Å². The van der Waals surface area contributed by atoms with Gasteiger partial charge in [0.25, 0.3) is 10.0 Å². The average Bonchev–Trinajstić information content (AvgIpc) is 3.17. The first-order valence-electron chi connectivity index (χ1n) is 7.47. The molecule has 0 N–H and O–H groups in total. The molecular formula is C14H18F2N4O3S. The van der Waals surface area contributed by atoms with Crippen LogP contribution in [0.15, 0.2) is 34.0 Å². The Morgan fingerprint density at radius 1 is 1.25 bits per heavy atom. The zero-order valence-corrected chi connectivity index (χ0v) is 13.9. The summed E-state index contributed by atoms with van der Waals surface area (Å²) < 4.78 is 58.0. The van der Waals surface area contributed by atoms with Crippen LogP contribution in [0.2, 0.25) is 0 Å². The molecule has 0 aromatic carbocycles. The van der Waals surface area contributed by atoms with Crippen LogP contribution in [0.5, 0.6) is 0 Å². The molecule has 24 heavy (non-hydrogen) atoms. The third-order valence-corrected chi connectivity index (χ3v) is 5.74. The van der Waals surface area contributed by atoms with Gasteiger partial charge in [0, 0.05) is 38.6 Å². The lowest BCUT2D eigenvalue weighted by Crippen LogP contribution is -2.48. The van der Waals surface area contributed by atoms with Gasteiger partial charge in [-0.05, 0) is 19.1 Å². The molecule has 0 radical (unpaired) electrons. The maximum atomic E-state index is 12.8. The van der Waals surface area contributed by atoms with Gasteiger partial charge < -0.3 is 4.42 Å². The van der Waals surface area contributed by atoms with Crippen LogP contribution in [0.3, 0.4) is 0 Å². The van der Waals surface area contributed by atoms with Crippen molar-refractivity contribution >= 4 is 10.0 Å². The number of sulfonamides is 1. The topological polar surface area (TPSA) is 71.6 Å². The first-order chi connectivity index (χ1) is 11.4. The minimum atomic E-state index is -3.65. The second-order valence-corrected chi connectivity index (χ2v) is 7.44. The van der Waals surface area contributed by atoms with Crippen LogP contribution >= 0.6 is 0 Å². The lowest BCUT2D eigenvalue weighted by atomic mass is 10.3. The molecule has 1 aliphatic heterocycles. The Balaban J connectivity index is 1.62. The fraction of sp³-hybridized carbons (Fsp3) is 0.500. The number of nitrogens with zero attached hydrogens (tertiary/aromatic N) is 4. The van der Waals surface area contributed by atoms with Crippen molar-refractivity contribution < 1.29 is 21.6 Å². The largest absolute Gasteiger partial charge is 0.449 e. The van der Waals surface area contributed by atoms with Crippen LogP contribution in [-0.2, 0) is 16.6 Å². The van der Waals surface area contributed by atoms with Crippen molar-refractivity contribution in [3.63, 3.8) is 0 Å². The molecule has 132 valence electrons. The monoisotopic (exact) mass is 360 g/mol. The number of aryl methyl sites for hydroxylation is 1. The summed E-state index contributed by atoms with van der Waals surface area (Å²) in [5.41, 5.74) is 0. The molecule has 0 atom stereocenters. The number of piperazine rings is 1. The Bertz CT molecular complexity index is 795. The van der Waals surface area contributed by atoms with Crippen LogP contribution in [0, 0.1) is 6.92 Å². The maximum absolute atomic E-state index is 12.8. The van der Waals surface area contributed by atoms with Crippen molar-refractivity contribution in [2.24, 2.45) is 0 Å². The van der Waals surface area contributed by atoms with Gasteiger partial charge in [-0.25, -0.2) is 13.4 Å². The molecule has 0 unspecified atom stereocenters. The van der Waals surface area contributed by atoms with E-state index in [1.165, 1.54) is 22.8 Å². The minimum Gasteiger partial charge on any atom is -0.449 e. The van der Waals surface area contributed by atoms with Crippen molar-refractivity contribution in [1.82, 2.24) is 18.8 Å². The summed E-state index contributed by atoms with van der Waals surface area (Å²) in [7, 11) is -3.65. The highest BCUT2D eigenvalue weighted by Gasteiger charge is 2.31. The quantitative estimate of drug-likeness (QED) is 0.811. The van der Waals surface area contributed by atoms with E-state index in [0.717, 1.165) is 4.57 Å². The molecule has 1 fully saturated rings. The minimum absolute atomic E-state index is 0.0679. The predicted molar refractivity (Wildman–Crippen MR) is 81.0 cm³/mol. The molecule has 2 aromatic rings. The normalized spacial score (nSPS) is 17.7. The van der Waals surface area contributed by atoms with Crippen molar-refractivity contribution in [2.75, 3.05) is 26.2 Å². The zero-order valence-electron chi connectivity index (χ0n) is 13.1. The van der Waals surface area contributed by atoms with E-state index in [1.807, 2.05) is 4.90 Å². The second kappa shape index (κ2) is 6.61. The summed E-state index contributed by atoms with van der Waals surface area (Å²) in [6, 6.07) is 3.05. The molecule has 0 bridgehead atoms. The van der Waals surface area contributed by atoms with Crippen molar-refractivity contribution in [1.29, 1.82) is 0 Å². The predicted octanol–water partition coefficient (Wildman–Crippen LogP) is 1.69. The summed E-state index contributed by atoms with van der Waals surface area (Å²) >= 11 is 0. The molecule has 1 aliphatic rings. The van der Waals surface area contributed by atoms with Crippen molar-refractivity contribution in [2.45, 2.75) is 25.1 Å². The number of halogens is 2. The second-order valence-electron chi connectivity index (χ2n) is 5.57. The first kappa shape index (κ1) is 17.1. The van der Waals surface area contributed by atoms with E-state index >= 15 is 0 Å². The third-order valence-electron chi connectivity index (χ3n) is 3.97. The number of alkyl halides is 2. The Morgan fingerprint density at radius 3 is 2.54 bits per heavy atom. The Morgan fingerprint density at radius 2 is 1.96 bits per heavy atom. The molecule has 3 heterocycles. The summed E-state index contributed by atoms with van der Waals surface area (Å²) in [5, 5.41) is -0.0679. The fourth-order valence-corrected chi connectivity index (χ4v) is 4.03. The van der Waals surface area contributed by atoms with Crippen LogP contribution < -0.4 is 0 Å². The SMILES string of the molecule is Cc1ccc(S(=O)(=O)N2CCN(Cc3nccn3C(F)F)CC2)o1. The number of hydrogen-bond acceptors (Lipinski definition) is 5. The highest BCUT2D eigenvalue weighted by atomic mass is 32.2. The van der Waals surface area contributed by atoms with E-state index in [-0.39, 0.29) is 30.6 Å². The van der Waals surface area contributed by atoms with Gasteiger partial charge in [-0.3, -0.25) is 9.47 Å². The molecule has 1 saturated heterocycles. The Hall–Kier alpha value is -1.78. The van der Waals surface area contributed by atoms with E-state index in [2.05, 4.69) is 4.98 Å². The molecule has 0 aliphatic carbocycles. The van der Waals surface area contributed by atoms with Crippen molar-refractivity contribution in [3.05, 3.63) is 36.1 Å². The molecular weight excluding hydrogens is 342 g/mol. The van der Waals surface area contributed by atoms with E-state index in [1.54, 1.807) is 13.0 Å².